The molecule has 5 rings (SSSR count). The SMILES string of the molecule is CC(=O)c1cc2c(c(C(F)(F)F)c1)CN(c1cccc(C3([C@@H](F)c4nncn4C)COC3)c1)C2=O. The van der Waals surface area contributed by atoms with E-state index in [2.05, 4.69) is 10.2 Å². The summed E-state index contributed by atoms with van der Waals surface area (Å²) in [5.41, 5.74) is -1.79. The number of anilines is 1. The Kier molecular flexibility index (Phi) is 5.28. The zero-order chi connectivity index (χ0) is 25.1. The van der Waals surface area contributed by atoms with Gasteiger partial charge >= 0.3 is 6.18 Å². The molecule has 1 fully saturated rings. The van der Waals surface area contributed by atoms with E-state index < -0.39 is 35.0 Å². The molecule has 0 radical (unpaired) electrons. The van der Waals surface area contributed by atoms with Crippen LogP contribution < -0.4 is 4.90 Å². The van der Waals surface area contributed by atoms with Crippen molar-refractivity contribution in [1.82, 2.24) is 14.8 Å². The molecule has 0 spiro atoms. The van der Waals surface area contributed by atoms with Crippen LogP contribution in [0.4, 0.5) is 23.2 Å². The standard InChI is InChI=1S/C24H20F4N4O3/c1-13(33)14-6-17-18(19(7-14)24(26,27)28)9-32(22(17)34)16-5-3-4-15(8-16)23(10-35-11-23)20(25)21-30-29-12-31(21)2/h3-8,12,20H,9-11H2,1-2H3/t20-/m0/s1. The van der Waals surface area contributed by atoms with Crippen molar-refractivity contribution in [2.45, 2.75) is 31.2 Å². The van der Waals surface area contributed by atoms with Crippen molar-refractivity contribution in [2.24, 2.45) is 7.05 Å². The number of fused-ring (bicyclic) bond motifs is 1. The highest BCUT2D eigenvalue weighted by Gasteiger charge is 2.51. The van der Waals surface area contributed by atoms with Crippen LogP contribution in [-0.2, 0) is 29.9 Å². The van der Waals surface area contributed by atoms with Gasteiger partial charge < -0.3 is 14.2 Å². The van der Waals surface area contributed by atoms with E-state index in [9.17, 15) is 22.8 Å². The number of nitrogens with zero attached hydrogens (tertiary/aromatic N) is 4. The molecule has 35 heavy (non-hydrogen) atoms. The number of Topliss-reactive ketones (excluding diaryl/α,β-unsaturated/α-hetero) is 1. The lowest BCUT2D eigenvalue weighted by Gasteiger charge is -2.43. The van der Waals surface area contributed by atoms with E-state index in [0.717, 1.165) is 13.0 Å². The van der Waals surface area contributed by atoms with Gasteiger partial charge in [-0.25, -0.2) is 4.39 Å². The summed E-state index contributed by atoms with van der Waals surface area (Å²) in [5, 5.41) is 7.60. The van der Waals surface area contributed by atoms with Gasteiger partial charge in [-0.2, -0.15) is 13.2 Å². The van der Waals surface area contributed by atoms with Gasteiger partial charge in [-0.05, 0) is 42.3 Å². The number of aryl methyl sites for hydroxylation is 1. The van der Waals surface area contributed by atoms with Crippen LogP contribution in [0.3, 0.4) is 0 Å². The molecule has 1 aromatic heterocycles. The molecule has 1 amide bonds. The lowest BCUT2D eigenvalue weighted by Crippen LogP contribution is -2.50. The molecule has 0 unspecified atom stereocenters. The van der Waals surface area contributed by atoms with Crippen LogP contribution in [0, 0.1) is 0 Å². The number of amides is 1. The van der Waals surface area contributed by atoms with Crippen LogP contribution in [0.25, 0.3) is 0 Å². The average Bonchev–Trinajstić information content (AvgIpc) is 3.35. The molecule has 0 bridgehead atoms. The van der Waals surface area contributed by atoms with Crippen LogP contribution in [-0.4, -0.2) is 39.7 Å². The third-order valence-corrected chi connectivity index (χ3v) is 6.66. The normalized spacial score (nSPS) is 17.8. The Morgan fingerprint density at radius 3 is 2.51 bits per heavy atom. The number of hydrogen-bond donors (Lipinski definition) is 0. The molecule has 3 aromatic rings. The Morgan fingerprint density at radius 2 is 1.94 bits per heavy atom. The van der Waals surface area contributed by atoms with Crippen LogP contribution >= 0.6 is 0 Å². The molecular formula is C24H20F4N4O3. The number of ketones is 1. The van der Waals surface area contributed by atoms with Gasteiger partial charge in [0.05, 0.1) is 30.7 Å². The second kappa shape index (κ2) is 7.98. The Labute approximate surface area is 197 Å². The zero-order valence-electron chi connectivity index (χ0n) is 18.8. The van der Waals surface area contributed by atoms with E-state index in [1.807, 2.05) is 0 Å². The lowest BCUT2D eigenvalue weighted by atomic mass is 9.74. The number of carbonyl (C=O) groups is 2. The van der Waals surface area contributed by atoms with Gasteiger partial charge in [0, 0.05) is 23.9 Å². The van der Waals surface area contributed by atoms with E-state index in [0.29, 0.717) is 11.3 Å². The predicted octanol–water partition coefficient (Wildman–Crippen LogP) is 4.18. The van der Waals surface area contributed by atoms with Gasteiger partial charge in [0.1, 0.15) is 6.33 Å². The molecule has 2 aromatic carbocycles. The fourth-order valence-electron chi connectivity index (χ4n) is 4.61. The van der Waals surface area contributed by atoms with E-state index in [1.165, 1.54) is 21.9 Å². The highest BCUT2D eigenvalue weighted by molar-refractivity contribution is 6.11. The maximum atomic E-state index is 15.7. The average molecular weight is 488 g/mol. The second-order valence-corrected chi connectivity index (χ2v) is 8.86. The van der Waals surface area contributed by atoms with Crippen LogP contribution in [0.2, 0.25) is 0 Å². The molecule has 3 heterocycles. The Morgan fingerprint density at radius 1 is 1.20 bits per heavy atom. The molecule has 11 heteroatoms. The first kappa shape index (κ1) is 23.2. The predicted molar refractivity (Wildman–Crippen MR) is 116 cm³/mol. The van der Waals surface area contributed by atoms with Crippen LogP contribution in [0.1, 0.15) is 56.3 Å². The minimum absolute atomic E-state index is 0.0683. The monoisotopic (exact) mass is 488 g/mol. The maximum absolute atomic E-state index is 15.7. The van der Waals surface area contributed by atoms with Crippen LogP contribution in [0.5, 0.6) is 0 Å². The van der Waals surface area contributed by atoms with Crippen molar-refractivity contribution in [2.75, 3.05) is 18.1 Å². The highest BCUT2D eigenvalue weighted by Crippen LogP contribution is 2.46. The van der Waals surface area contributed by atoms with Gasteiger partial charge in [0.25, 0.3) is 5.91 Å². The molecule has 0 saturated carbocycles. The number of rotatable bonds is 5. The summed E-state index contributed by atoms with van der Waals surface area (Å²) >= 11 is 0. The molecule has 182 valence electrons. The van der Waals surface area contributed by atoms with Crippen LogP contribution in [0.15, 0.2) is 42.7 Å². The van der Waals surface area contributed by atoms with Crippen molar-refractivity contribution in [3.05, 3.63) is 76.4 Å². The van der Waals surface area contributed by atoms with E-state index in [1.54, 1.807) is 31.3 Å². The fourth-order valence-corrected chi connectivity index (χ4v) is 4.61. The van der Waals surface area contributed by atoms with Crippen molar-refractivity contribution in [3.63, 3.8) is 0 Å². The van der Waals surface area contributed by atoms with Gasteiger partial charge in [-0.3, -0.25) is 9.59 Å². The Balaban J connectivity index is 1.54. The first-order chi connectivity index (χ1) is 16.5. The van der Waals surface area contributed by atoms with Gasteiger partial charge in [-0.15, -0.1) is 10.2 Å². The van der Waals surface area contributed by atoms with Crippen molar-refractivity contribution in [1.29, 1.82) is 0 Å². The fraction of sp³-hybridized carbons (Fsp3) is 0.333. The number of hydrogen-bond acceptors (Lipinski definition) is 5. The Hall–Kier alpha value is -3.60. The summed E-state index contributed by atoms with van der Waals surface area (Å²) in [4.78, 5) is 26.2. The minimum Gasteiger partial charge on any atom is -0.379 e. The zero-order valence-corrected chi connectivity index (χ0v) is 18.8. The third kappa shape index (κ3) is 3.61. The lowest BCUT2D eigenvalue weighted by molar-refractivity contribution is -0.138. The molecule has 0 aliphatic carbocycles. The number of carbonyl (C=O) groups excluding carboxylic acids is 2. The minimum atomic E-state index is -4.74. The molecule has 7 nitrogen and oxygen atoms in total. The highest BCUT2D eigenvalue weighted by atomic mass is 19.4. The summed E-state index contributed by atoms with van der Waals surface area (Å²) < 4.78 is 63.8. The number of benzene rings is 2. The van der Waals surface area contributed by atoms with Gasteiger partial charge in [0.15, 0.2) is 17.8 Å². The second-order valence-electron chi connectivity index (χ2n) is 8.86. The molecule has 1 saturated heterocycles. The summed E-state index contributed by atoms with van der Waals surface area (Å²) in [5.74, 6) is -1.11. The number of alkyl halides is 4. The summed E-state index contributed by atoms with van der Waals surface area (Å²) in [6.45, 7) is 0.960. The summed E-state index contributed by atoms with van der Waals surface area (Å²) in [6, 6.07) is 8.47. The molecule has 2 aliphatic rings. The topological polar surface area (TPSA) is 77.3 Å². The summed E-state index contributed by atoms with van der Waals surface area (Å²) in [6.07, 6.45) is -4.90. The Bertz CT molecular complexity index is 1350. The van der Waals surface area contributed by atoms with E-state index >= 15 is 4.39 Å². The number of halogens is 4. The van der Waals surface area contributed by atoms with E-state index in [-0.39, 0.29) is 42.3 Å². The maximum Gasteiger partial charge on any atom is 0.416 e. The molecule has 2 aliphatic heterocycles. The number of aromatic nitrogens is 3. The van der Waals surface area contributed by atoms with Crippen molar-refractivity contribution < 1.29 is 31.9 Å². The van der Waals surface area contributed by atoms with Gasteiger partial charge in [-0.1, -0.05) is 12.1 Å². The van der Waals surface area contributed by atoms with Crippen molar-refractivity contribution in [3.8, 4) is 0 Å². The molecule has 1 atom stereocenters. The first-order valence-electron chi connectivity index (χ1n) is 10.8. The number of ether oxygens (including phenoxy) is 1. The molecule has 0 N–H and O–H groups in total. The van der Waals surface area contributed by atoms with Gasteiger partial charge in [0.2, 0.25) is 0 Å². The quantitative estimate of drug-likeness (QED) is 0.398. The summed E-state index contributed by atoms with van der Waals surface area (Å²) in [7, 11) is 1.62. The van der Waals surface area contributed by atoms with E-state index in [4.69, 9.17) is 4.74 Å². The van der Waals surface area contributed by atoms with Crippen molar-refractivity contribution >= 4 is 17.4 Å². The molecular weight excluding hydrogens is 468 g/mol. The third-order valence-electron chi connectivity index (χ3n) is 6.66. The smallest absolute Gasteiger partial charge is 0.379 e. The first-order valence-corrected chi connectivity index (χ1v) is 10.8. The largest absolute Gasteiger partial charge is 0.416 e.